The van der Waals surface area contributed by atoms with Gasteiger partial charge >= 0.3 is 0 Å². The van der Waals surface area contributed by atoms with Crippen LogP contribution in [0.5, 0.6) is 5.75 Å². The second kappa shape index (κ2) is 3.52. The maximum atomic E-state index is 9.67. The van der Waals surface area contributed by atoms with Crippen LogP contribution in [0.1, 0.15) is 4.88 Å². The lowest BCUT2D eigenvalue weighted by Gasteiger charge is -1.97. The highest BCUT2D eigenvalue weighted by atomic mass is 32.1. The van der Waals surface area contributed by atoms with Crippen molar-refractivity contribution in [2.24, 2.45) is 0 Å². The predicted octanol–water partition coefficient (Wildman–Crippen LogP) is 2.99. The van der Waals surface area contributed by atoms with E-state index in [0.717, 1.165) is 11.1 Å². The van der Waals surface area contributed by atoms with Gasteiger partial charge in [-0.1, -0.05) is 30.3 Å². The highest BCUT2D eigenvalue weighted by molar-refractivity contribution is 7.11. The summed E-state index contributed by atoms with van der Waals surface area (Å²) < 4.78 is 0. The van der Waals surface area contributed by atoms with E-state index in [2.05, 4.69) is 0 Å². The largest absolute Gasteiger partial charge is 0.505 e. The Kier molecular flexibility index (Phi) is 2.21. The van der Waals surface area contributed by atoms with Crippen molar-refractivity contribution in [3.63, 3.8) is 0 Å². The fourth-order valence-electron chi connectivity index (χ4n) is 1.25. The van der Waals surface area contributed by atoms with E-state index in [1.165, 1.54) is 11.3 Å². The molecule has 14 heavy (non-hydrogen) atoms. The Hall–Kier alpha value is -1.79. The molecule has 2 aromatic rings. The topological polar surface area (TPSA) is 44.0 Å². The Morgan fingerprint density at radius 2 is 1.93 bits per heavy atom. The molecule has 0 radical (unpaired) electrons. The lowest BCUT2D eigenvalue weighted by molar-refractivity contribution is 0.478. The highest BCUT2D eigenvalue weighted by Crippen LogP contribution is 2.36. The van der Waals surface area contributed by atoms with E-state index < -0.39 is 0 Å². The Labute approximate surface area is 85.7 Å². The molecule has 0 aliphatic rings. The van der Waals surface area contributed by atoms with Crippen LogP contribution in [-0.4, -0.2) is 5.11 Å². The maximum Gasteiger partial charge on any atom is 0.152 e. The molecule has 0 saturated carbocycles. The molecular formula is C11H7NOS. The first-order valence-corrected chi connectivity index (χ1v) is 4.97. The van der Waals surface area contributed by atoms with Gasteiger partial charge in [-0.15, -0.1) is 11.3 Å². The van der Waals surface area contributed by atoms with E-state index in [4.69, 9.17) is 5.26 Å². The van der Waals surface area contributed by atoms with Gasteiger partial charge in [0, 0.05) is 10.9 Å². The van der Waals surface area contributed by atoms with Crippen molar-refractivity contribution in [3.8, 4) is 22.9 Å². The fourth-order valence-corrected chi connectivity index (χ4v) is 2.01. The summed E-state index contributed by atoms with van der Waals surface area (Å²) in [5.74, 6) is 0.0868. The molecule has 0 saturated heterocycles. The number of nitriles is 1. The van der Waals surface area contributed by atoms with Gasteiger partial charge in [0.2, 0.25) is 0 Å². The van der Waals surface area contributed by atoms with Crippen LogP contribution in [0.25, 0.3) is 11.1 Å². The van der Waals surface area contributed by atoms with Crippen molar-refractivity contribution in [3.05, 3.63) is 40.6 Å². The molecule has 0 fully saturated rings. The number of hydrogen-bond acceptors (Lipinski definition) is 3. The zero-order valence-electron chi connectivity index (χ0n) is 7.27. The van der Waals surface area contributed by atoms with Crippen molar-refractivity contribution in [2.45, 2.75) is 0 Å². The van der Waals surface area contributed by atoms with E-state index in [0.29, 0.717) is 4.88 Å². The minimum absolute atomic E-state index is 0.0868. The smallest absolute Gasteiger partial charge is 0.152 e. The van der Waals surface area contributed by atoms with E-state index >= 15 is 0 Å². The van der Waals surface area contributed by atoms with Gasteiger partial charge in [0.05, 0.1) is 0 Å². The first-order valence-electron chi connectivity index (χ1n) is 4.09. The molecule has 2 rings (SSSR count). The van der Waals surface area contributed by atoms with Crippen LogP contribution >= 0.6 is 11.3 Å². The Morgan fingerprint density at radius 3 is 2.50 bits per heavy atom. The Balaban J connectivity index is 2.54. The molecule has 0 unspecified atom stereocenters. The zero-order valence-corrected chi connectivity index (χ0v) is 8.08. The van der Waals surface area contributed by atoms with Crippen LogP contribution in [0.3, 0.4) is 0 Å². The van der Waals surface area contributed by atoms with Crippen LogP contribution in [0.2, 0.25) is 0 Å². The van der Waals surface area contributed by atoms with Crippen LogP contribution in [-0.2, 0) is 0 Å². The molecule has 1 heterocycles. The first kappa shape index (κ1) is 8.79. The summed E-state index contributed by atoms with van der Waals surface area (Å²) in [5, 5.41) is 20.1. The van der Waals surface area contributed by atoms with Gasteiger partial charge in [0.1, 0.15) is 10.9 Å². The van der Waals surface area contributed by atoms with Gasteiger partial charge in [-0.05, 0) is 5.56 Å². The summed E-state index contributed by atoms with van der Waals surface area (Å²) in [6.45, 7) is 0. The lowest BCUT2D eigenvalue weighted by Crippen LogP contribution is -1.73. The molecule has 0 aliphatic heterocycles. The van der Waals surface area contributed by atoms with Gasteiger partial charge < -0.3 is 5.11 Å². The lowest BCUT2D eigenvalue weighted by atomic mass is 10.1. The SMILES string of the molecule is N#Cc1scc(-c2ccccc2)c1O. The molecule has 0 spiro atoms. The summed E-state index contributed by atoms with van der Waals surface area (Å²) >= 11 is 1.26. The summed E-state index contributed by atoms with van der Waals surface area (Å²) in [4.78, 5) is 0.365. The summed E-state index contributed by atoms with van der Waals surface area (Å²) in [6, 6.07) is 11.5. The number of aromatic hydroxyl groups is 1. The Bertz CT molecular complexity index is 482. The molecule has 68 valence electrons. The highest BCUT2D eigenvalue weighted by Gasteiger charge is 2.10. The number of hydrogen-bond donors (Lipinski definition) is 1. The summed E-state index contributed by atoms with van der Waals surface area (Å²) in [7, 11) is 0. The van der Waals surface area contributed by atoms with E-state index in [1.807, 2.05) is 36.4 Å². The quantitative estimate of drug-likeness (QED) is 0.770. The van der Waals surface area contributed by atoms with Crippen LogP contribution < -0.4 is 0 Å². The molecular weight excluding hydrogens is 194 g/mol. The molecule has 0 bridgehead atoms. The first-order chi connectivity index (χ1) is 6.83. The summed E-state index contributed by atoms with van der Waals surface area (Å²) in [5.41, 5.74) is 1.66. The van der Waals surface area contributed by atoms with Crippen molar-refractivity contribution in [1.82, 2.24) is 0 Å². The average Bonchev–Trinajstić information content (AvgIpc) is 2.61. The van der Waals surface area contributed by atoms with Gasteiger partial charge in [0.15, 0.2) is 5.75 Å². The Morgan fingerprint density at radius 1 is 1.21 bits per heavy atom. The second-order valence-corrected chi connectivity index (χ2v) is 3.68. The second-order valence-electron chi connectivity index (χ2n) is 2.80. The van der Waals surface area contributed by atoms with Crippen LogP contribution in [0.15, 0.2) is 35.7 Å². The molecule has 0 atom stereocenters. The van der Waals surface area contributed by atoms with E-state index in [-0.39, 0.29) is 5.75 Å². The molecule has 0 aliphatic carbocycles. The van der Waals surface area contributed by atoms with Crippen molar-refractivity contribution in [1.29, 1.82) is 5.26 Å². The van der Waals surface area contributed by atoms with Crippen molar-refractivity contribution >= 4 is 11.3 Å². The number of thiophene rings is 1. The van der Waals surface area contributed by atoms with E-state index in [1.54, 1.807) is 5.38 Å². The predicted molar refractivity (Wildman–Crippen MR) is 56.1 cm³/mol. The molecule has 3 heteroatoms. The van der Waals surface area contributed by atoms with Crippen LogP contribution in [0.4, 0.5) is 0 Å². The van der Waals surface area contributed by atoms with Gasteiger partial charge in [-0.25, -0.2) is 0 Å². The number of nitrogens with zero attached hydrogens (tertiary/aromatic N) is 1. The zero-order chi connectivity index (χ0) is 9.97. The van der Waals surface area contributed by atoms with Crippen molar-refractivity contribution < 1.29 is 5.11 Å². The number of benzene rings is 1. The average molecular weight is 201 g/mol. The summed E-state index contributed by atoms with van der Waals surface area (Å²) in [6.07, 6.45) is 0. The van der Waals surface area contributed by atoms with E-state index in [9.17, 15) is 5.11 Å². The number of rotatable bonds is 1. The molecule has 2 nitrogen and oxygen atoms in total. The third-order valence-corrected chi connectivity index (χ3v) is 2.83. The minimum Gasteiger partial charge on any atom is -0.505 e. The van der Waals surface area contributed by atoms with Gasteiger partial charge in [-0.2, -0.15) is 5.26 Å². The monoisotopic (exact) mass is 201 g/mol. The fraction of sp³-hybridized carbons (Fsp3) is 0. The van der Waals surface area contributed by atoms with Gasteiger partial charge in [-0.3, -0.25) is 0 Å². The standard InChI is InChI=1S/C11H7NOS/c12-6-10-11(13)9(7-14-10)8-4-2-1-3-5-8/h1-5,7,13H. The third-order valence-electron chi connectivity index (χ3n) is 1.95. The van der Waals surface area contributed by atoms with Gasteiger partial charge in [0.25, 0.3) is 0 Å². The van der Waals surface area contributed by atoms with Crippen LogP contribution in [0, 0.1) is 11.3 Å². The minimum atomic E-state index is 0.0868. The normalized spacial score (nSPS) is 9.64. The molecule has 1 aromatic carbocycles. The molecule has 1 N–H and O–H groups in total. The third kappa shape index (κ3) is 1.36. The maximum absolute atomic E-state index is 9.67. The molecule has 1 aromatic heterocycles. The molecule has 0 amide bonds. The van der Waals surface area contributed by atoms with Crippen molar-refractivity contribution in [2.75, 3.05) is 0 Å².